The first-order valence-corrected chi connectivity index (χ1v) is 11.0. The van der Waals surface area contributed by atoms with Crippen molar-refractivity contribution in [1.82, 2.24) is 4.98 Å². The highest BCUT2D eigenvalue weighted by atomic mass is 79.9. The van der Waals surface area contributed by atoms with E-state index in [2.05, 4.69) is 32.4 Å². The standard InChI is InChI=1S/C24H16BrClNO5/c1-31-22(29)18-19(13-5-3-2-4-6-13)24(14-7-9-15(25)10-8-14)23(30,21(18)28)20-16(26)11-27-12-17(20)32-24/h3,5-12,18-19,21,28H,1H3/q-1/t18-,19-,21-,23+,24+/m1/s1. The number of methoxy groups -OCH3 is 1. The summed E-state index contributed by atoms with van der Waals surface area (Å²) >= 11 is 9.85. The van der Waals surface area contributed by atoms with Crippen molar-refractivity contribution in [2.75, 3.05) is 7.11 Å². The van der Waals surface area contributed by atoms with Crippen LogP contribution in [0.3, 0.4) is 0 Å². The molecule has 8 heteroatoms. The molecule has 5 rings (SSSR count). The van der Waals surface area contributed by atoms with Crippen LogP contribution in [-0.4, -0.2) is 29.3 Å². The van der Waals surface area contributed by atoms with Crippen molar-refractivity contribution in [3.8, 4) is 5.75 Å². The largest absolute Gasteiger partial charge is 0.841 e. The molecule has 3 aliphatic rings. The molecule has 0 amide bonds. The van der Waals surface area contributed by atoms with Crippen molar-refractivity contribution in [2.45, 2.75) is 17.3 Å². The summed E-state index contributed by atoms with van der Waals surface area (Å²) in [6.45, 7) is 0. The highest BCUT2D eigenvalue weighted by Gasteiger charge is 2.72. The quantitative estimate of drug-likeness (QED) is 0.501. The Balaban J connectivity index is 1.87. The number of fused-ring (bicyclic) bond motifs is 3. The molecule has 5 atom stereocenters. The van der Waals surface area contributed by atoms with Gasteiger partial charge in [-0.1, -0.05) is 51.1 Å². The Bertz CT molecular complexity index is 1260. The number of nitrogens with zero attached hydrogens (tertiary/aromatic N) is 1. The molecule has 0 unspecified atom stereocenters. The van der Waals surface area contributed by atoms with Gasteiger partial charge in [0.1, 0.15) is 11.4 Å². The van der Waals surface area contributed by atoms with Gasteiger partial charge in [-0.3, -0.25) is 9.78 Å². The number of ether oxygens (including phenoxy) is 2. The maximum absolute atomic E-state index is 14.9. The molecule has 1 fully saturated rings. The van der Waals surface area contributed by atoms with Crippen LogP contribution in [0.4, 0.5) is 0 Å². The minimum Gasteiger partial charge on any atom is -0.841 e. The molecule has 0 radical (unpaired) electrons. The number of aliphatic hydroxyl groups excluding tert-OH is 1. The van der Waals surface area contributed by atoms with E-state index in [1.54, 1.807) is 42.5 Å². The van der Waals surface area contributed by atoms with E-state index in [1.807, 2.05) is 0 Å². The first-order chi connectivity index (χ1) is 15.4. The second-order valence-corrected chi connectivity index (χ2v) is 9.14. The smallest absolute Gasteiger partial charge is 0.312 e. The SMILES string of the molecule is COC(=O)[C@H]1[C@@H](O)[C@@]2([O-])c3c(Cl)cncc3O[C@@]2(c2ccc(Br)cc2)[C@@H]1C1=CC=C=C=C1. The Morgan fingerprint density at radius 2 is 2.06 bits per heavy atom. The van der Waals surface area contributed by atoms with Gasteiger partial charge in [0, 0.05) is 22.2 Å². The Kier molecular flexibility index (Phi) is 4.95. The van der Waals surface area contributed by atoms with Gasteiger partial charge >= 0.3 is 5.97 Å². The summed E-state index contributed by atoms with van der Waals surface area (Å²) in [5.41, 5.74) is 2.81. The maximum Gasteiger partial charge on any atom is 0.312 e. The van der Waals surface area contributed by atoms with Gasteiger partial charge in [-0.15, -0.1) is 0 Å². The van der Waals surface area contributed by atoms with Gasteiger partial charge in [0.2, 0.25) is 0 Å². The summed E-state index contributed by atoms with van der Waals surface area (Å²) in [7, 11) is 1.22. The van der Waals surface area contributed by atoms with Gasteiger partial charge < -0.3 is 19.7 Å². The van der Waals surface area contributed by atoms with Crippen LogP contribution in [-0.2, 0) is 20.7 Å². The van der Waals surface area contributed by atoms with Crippen LogP contribution in [0.1, 0.15) is 11.1 Å². The van der Waals surface area contributed by atoms with Crippen LogP contribution >= 0.6 is 27.5 Å². The van der Waals surface area contributed by atoms with E-state index in [0.717, 1.165) is 4.47 Å². The van der Waals surface area contributed by atoms with Gasteiger partial charge in [-0.25, -0.2) is 0 Å². The fourth-order valence-corrected chi connectivity index (χ4v) is 5.74. The number of rotatable bonds is 3. The monoisotopic (exact) mass is 512 g/mol. The fraction of sp³-hybridized carbons (Fsp3) is 0.250. The van der Waals surface area contributed by atoms with Crippen molar-refractivity contribution in [3.05, 3.63) is 92.5 Å². The summed E-state index contributed by atoms with van der Waals surface area (Å²) in [5, 5.41) is 26.5. The molecule has 2 heterocycles. The molecule has 162 valence electrons. The number of aromatic nitrogens is 1. The van der Waals surface area contributed by atoms with Crippen LogP contribution < -0.4 is 9.84 Å². The van der Waals surface area contributed by atoms with E-state index in [-0.39, 0.29) is 16.3 Å². The van der Waals surface area contributed by atoms with Crippen molar-refractivity contribution in [1.29, 1.82) is 0 Å². The van der Waals surface area contributed by atoms with Gasteiger partial charge in [0.25, 0.3) is 0 Å². The Morgan fingerprint density at radius 3 is 2.72 bits per heavy atom. The first kappa shape index (κ1) is 21.2. The second kappa shape index (κ2) is 7.46. The van der Waals surface area contributed by atoms with Gasteiger partial charge in [-0.05, 0) is 47.1 Å². The van der Waals surface area contributed by atoms with Crippen LogP contribution in [0.15, 0.2) is 76.4 Å². The lowest BCUT2D eigenvalue weighted by Crippen LogP contribution is -2.61. The maximum atomic E-state index is 14.9. The zero-order valence-corrected chi connectivity index (χ0v) is 19.1. The number of halogens is 2. The average Bonchev–Trinajstić information content (AvgIpc) is 3.18. The molecule has 1 N–H and O–H groups in total. The second-order valence-electron chi connectivity index (χ2n) is 7.81. The van der Waals surface area contributed by atoms with E-state index in [1.165, 1.54) is 19.5 Å². The summed E-state index contributed by atoms with van der Waals surface area (Å²) in [5.74, 6) is -2.66. The van der Waals surface area contributed by atoms with E-state index >= 15 is 0 Å². The summed E-state index contributed by atoms with van der Waals surface area (Å²) in [6, 6.07) is 7.03. The minimum absolute atomic E-state index is 0.0627. The highest BCUT2D eigenvalue weighted by molar-refractivity contribution is 9.10. The molecule has 2 aromatic rings. The molecular formula is C24H16BrClNO5-. The van der Waals surface area contributed by atoms with E-state index in [9.17, 15) is 15.0 Å². The van der Waals surface area contributed by atoms with E-state index in [4.69, 9.17) is 21.1 Å². The van der Waals surface area contributed by atoms with Crippen LogP contribution in [0.25, 0.3) is 0 Å². The van der Waals surface area contributed by atoms with Crippen LogP contribution in [0.2, 0.25) is 5.02 Å². The third-order valence-electron chi connectivity index (χ3n) is 6.40. The molecule has 6 nitrogen and oxygen atoms in total. The third kappa shape index (κ3) is 2.61. The highest BCUT2D eigenvalue weighted by Crippen LogP contribution is 2.67. The Hall–Kier alpha value is -2.63. The van der Waals surface area contributed by atoms with Crippen molar-refractivity contribution in [2.24, 2.45) is 11.8 Å². The number of carbonyl (C=O) groups is 1. The topological polar surface area (TPSA) is 91.7 Å². The average molecular weight is 514 g/mol. The summed E-state index contributed by atoms with van der Waals surface area (Å²) in [6.07, 6.45) is 6.02. The van der Waals surface area contributed by atoms with Crippen molar-refractivity contribution >= 4 is 33.5 Å². The predicted molar refractivity (Wildman–Crippen MR) is 117 cm³/mol. The van der Waals surface area contributed by atoms with Gasteiger partial charge in [0.05, 0.1) is 30.4 Å². The minimum atomic E-state index is -2.32. The van der Waals surface area contributed by atoms with E-state index < -0.39 is 35.1 Å². The Labute approximate surface area is 197 Å². The molecule has 0 saturated heterocycles. The van der Waals surface area contributed by atoms with Gasteiger partial charge in [0.15, 0.2) is 0 Å². The number of benzene rings is 1. The lowest BCUT2D eigenvalue weighted by Gasteiger charge is -2.49. The van der Waals surface area contributed by atoms with Crippen LogP contribution in [0, 0.1) is 11.8 Å². The molecule has 32 heavy (non-hydrogen) atoms. The summed E-state index contributed by atoms with van der Waals surface area (Å²) < 4.78 is 12.2. The van der Waals surface area contributed by atoms with Crippen molar-refractivity contribution < 1.29 is 24.5 Å². The molecule has 1 saturated carbocycles. The number of allylic oxidation sites excluding steroid dienone is 3. The lowest BCUT2D eigenvalue weighted by atomic mass is 9.70. The lowest BCUT2D eigenvalue weighted by molar-refractivity contribution is -0.528. The van der Waals surface area contributed by atoms with E-state index in [0.29, 0.717) is 11.1 Å². The molecular weight excluding hydrogens is 498 g/mol. The number of pyridine rings is 1. The molecule has 2 aliphatic carbocycles. The predicted octanol–water partition coefficient (Wildman–Crippen LogP) is 2.93. The molecule has 0 bridgehead atoms. The van der Waals surface area contributed by atoms with Gasteiger partial charge in [-0.2, -0.15) is 0 Å². The number of hydrogen-bond donors (Lipinski definition) is 1. The zero-order chi connectivity index (χ0) is 22.7. The fourth-order valence-electron chi connectivity index (χ4n) is 5.19. The number of carbonyl (C=O) groups excluding carboxylic acids is 1. The molecule has 1 aliphatic heterocycles. The zero-order valence-electron chi connectivity index (χ0n) is 16.7. The molecule has 1 aromatic heterocycles. The third-order valence-corrected chi connectivity index (χ3v) is 7.21. The normalized spacial score (nSPS) is 31.7. The molecule has 0 spiro atoms. The number of esters is 1. The molecule has 1 aromatic carbocycles. The summed E-state index contributed by atoms with van der Waals surface area (Å²) in [4.78, 5) is 17.0. The van der Waals surface area contributed by atoms with Crippen molar-refractivity contribution in [3.63, 3.8) is 0 Å². The number of aliphatic hydroxyl groups is 1. The number of hydrogen-bond acceptors (Lipinski definition) is 6. The van der Waals surface area contributed by atoms with Crippen LogP contribution in [0.5, 0.6) is 5.75 Å². The first-order valence-electron chi connectivity index (χ1n) is 9.79. The Morgan fingerprint density at radius 1 is 1.31 bits per heavy atom.